The van der Waals surface area contributed by atoms with Crippen LogP contribution in [-0.2, 0) is 19.9 Å². The molecule has 0 aliphatic carbocycles. The van der Waals surface area contributed by atoms with Crippen LogP contribution in [-0.4, -0.2) is 42.7 Å². The Morgan fingerprint density at radius 3 is 2.39 bits per heavy atom. The fourth-order valence-electron chi connectivity index (χ4n) is 3.53. The van der Waals surface area contributed by atoms with Gasteiger partial charge in [-0.25, -0.2) is 0 Å². The summed E-state index contributed by atoms with van der Waals surface area (Å²) in [5.41, 5.74) is 0.0913. The maximum absolute atomic E-state index is 12.1. The molecule has 0 radical (unpaired) electrons. The van der Waals surface area contributed by atoms with E-state index in [0.29, 0.717) is 47.7 Å². The van der Waals surface area contributed by atoms with Gasteiger partial charge in [0.15, 0.2) is 5.75 Å². The number of carbonyl (C=O) groups is 1. The van der Waals surface area contributed by atoms with E-state index < -0.39 is 11.2 Å². The second-order valence-corrected chi connectivity index (χ2v) is 9.68. The van der Waals surface area contributed by atoms with E-state index in [9.17, 15) is 4.79 Å². The highest BCUT2D eigenvalue weighted by molar-refractivity contribution is 6.37. The molecule has 5 nitrogen and oxygen atoms in total. The Morgan fingerprint density at radius 1 is 1.13 bits per heavy atom. The Labute approximate surface area is 194 Å². The van der Waals surface area contributed by atoms with Gasteiger partial charge >= 0.3 is 5.97 Å². The normalized spacial score (nSPS) is 19.8. The lowest BCUT2D eigenvalue weighted by Crippen LogP contribution is -2.48. The number of rotatable bonds is 6. The zero-order valence-electron chi connectivity index (χ0n) is 18.4. The number of para-hydroxylation sites is 1. The van der Waals surface area contributed by atoms with Gasteiger partial charge in [0, 0.05) is 19.6 Å². The van der Waals surface area contributed by atoms with Crippen molar-refractivity contribution in [3.63, 3.8) is 0 Å². The average Bonchev–Trinajstić information content (AvgIpc) is 2.69. The Bertz CT molecular complexity index is 891. The molecule has 2 aromatic rings. The first kappa shape index (κ1) is 23.9. The minimum Gasteiger partial charge on any atom is -0.460 e. The minimum atomic E-state index is -0.479. The highest BCUT2D eigenvalue weighted by Gasteiger charge is 2.34. The van der Waals surface area contributed by atoms with E-state index in [-0.39, 0.29) is 5.97 Å². The predicted octanol–water partition coefficient (Wildman–Crippen LogP) is 6.06. The van der Waals surface area contributed by atoms with E-state index in [4.69, 9.17) is 37.4 Å². The van der Waals surface area contributed by atoms with Gasteiger partial charge in [-0.1, -0.05) is 41.4 Å². The van der Waals surface area contributed by atoms with Gasteiger partial charge in [-0.2, -0.15) is 0 Å². The Kier molecular flexibility index (Phi) is 7.53. The number of hydrogen-bond acceptors (Lipinski definition) is 5. The van der Waals surface area contributed by atoms with Gasteiger partial charge in [0.05, 0.1) is 23.1 Å². The molecule has 0 N–H and O–H groups in total. The molecule has 0 spiro atoms. The summed E-state index contributed by atoms with van der Waals surface area (Å²) >= 11 is 12.4. The summed E-state index contributed by atoms with van der Waals surface area (Å²) in [5.74, 6) is 0.896. The lowest BCUT2D eigenvalue weighted by Gasteiger charge is -2.41. The zero-order chi connectivity index (χ0) is 22.6. The van der Waals surface area contributed by atoms with Gasteiger partial charge in [-0.15, -0.1) is 0 Å². The van der Waals surface area contributed by atoms with Crippen LogP contribution in [0.5, 0.6) is 11.5 Å². The van der Waals surface area contributed by atoms with Gasteiger partial charge < -0.3 is 14.2 Å². The largest absolute Gasteiger partial charge is 0.460 e. The highest BCUT2D eigenvalue weighted by atomic mass is 35.5. The van der Waals surface area contributed by atoms with Crippen LogP contribution in [0.3, 0.4) is 0 Å². The second-order valence-electron chi connectivity index (χ2n) is 8.87. The molecule has 1 heterocycles. The van der Waals surface area contributed by atoms with E-state index >= 15 is 0 Å². The van der Waals surface area contributed by atoms with E-state index in [1.54, 1.807) is 18.2 Å². The highest BCUT2D eigenvalue weighted by Crippen LogP contribution is 2.37. The molecule has 3 rings (SSSR count). The lowest BCUT2D eigenvalue weighted by atomic mass is 9.93. The predicted molar refractivity (Wildman–Crippen MR) is 123 cm³/mol. The quantitative estimate of drug-likeness (QED) is 0.484. The number of benzene rings is 2. The van der Waals surface area contributed by atoms with Crippen molar-refractivity contribution in [2.45, 2.75) is 45.3 Å². The lowest BCUT2D eigenvalue weighted by molar-refractivity contribution is -0.156. The molecule has 1 aliphatic heterocycles. The molecule has 1 saturated heterocycles. The van der Waals surface area contributed by atoms with Crippen LogP contribution in [0.2, 0.25) is 10.0 Å². The molecule has 1 unspecified atom stereocenters. The van der Waals surface area contributed by atoms with Crippen LogP contribution in [0.1, 0.15) is 39.7 Å². The minimum absolute atomic E-state index is 0.180. The number of ether oxygens (including phenoxy) is 3. The molecule has 0 saturated carbocycles. The van der Waals surface area contributed by atoms with Crippen molar-refractivity contribution in [1.29, 1.82) is 0 Å². The molecule has 2 aromatic carbocycles. The summed E-state index contributed by atoms with van der Waals surface area (Å²) < 4.78 is 17.4. The Hall–Kier alpha value is -1.79. The van der Waals surface area contributed by atoms with Gasteiger partial charge in [-0.3, -0.25) is 9.69 Å². The summed E-state index contributed by atoms with van der Waals surface area (Å²) in [6, 6.07) is 13.0. The van der Waals surface area contributed by atoms with Crippen molar-refractivity contribution in [2.24, 2.45) is 0 Å². The van der Waals surface area contributed by atoms with Crippen LogP contribution in [0.15, 0.2) is 42.5 Å². The average molecular weight is 466 g/mol. The van der Waals surface area contributed by atoms with Crippen LogP contribution < -0.4 is 4.74 Å². The fraction of sp³-hybridized carbons (Fsp3) is 0.458. The van der Waals surface area contributed by atoms with Crippen LogP contribution in [0.25, 0.3) is 0 Å². The van der Waals surface area contributed by atoms with Gasteiger partial charge in [-0.05, 0) is 57.5 Å². The number of halogens is 2. The molecule has 1 atom stereocenters. The monoisotopic (exact) mass is 465 g/mol. The van der Waals surface area contributed by atoms with E-state index in [0.717, 1.165) is 12.1 Å². The zero-order valence-corrected chi connectivity index (χ0v) is 19.9. The number of nitrogens with zero attached hydrogens (tertiary/aromatic N) is 1. The number of hydrogen-bond donors (Lipinski definition) is 0. The van der Waals surface area contributed by atoms with Crippen LogP contribution in [0.4, 0.5) is 0 Å². The Morgan fingerprint density at radius 2 is 1.77 bits per heavy atom. The van der Waals surface area contributed by atoms with Crippen molar-refractivity contribution in [3.8, 4) is 11.5 Å². The summed E-state index contributed by atoms with van der Waals surface area (Å²) in [6.45, 7) is 10.4. The molecule has 0 bridgehead atoms. The molecule has 0 amide bonds. The molecular weight excluding hydrogens is 437 g/mol. The molecule has 7 heteroatoms. The maximum atomic E-state index is 12.1. The van der Waals surface area contributed by atoms with Crippen molar-refractivity contribution < 1.29 is 19.0 Å². The van der Waals surface area contributed by atoms with Gasteiger partial charge in [0.1, 0.15) is 17.0 Å². The van der Waals surface area contributed by atoms with Gasteiger partial charge in [0.25, 0.3) is 0 Å². The molecule has 31 heavy (non-hydrogen) atoms. The van der Waals surface area contributed by atoms with Crippen LogP contribution in [0, 0.1) is 0 Å². The van der Waals surface area contributed by atoms with Gasteiger partial charge in [0.2, 0.25) is 0 Å². The molecular formula is C24H29Cl2NO4. The maximum Gasteiger partial charge on any atom is 0.307 e. The summed E-state index contributed by atoms with van der Waals surface area (Å²) in [6.07, 6.45) is 0.360. The van der Waals surface area contributed by atoms with Crippen molar-refractivity contribution in [2.75, 3.05) is 26.2 Å². The SMILES string of the molecule is CC(C)(C)OC(=O)CCN1CCOC(C)(c2ccc(Oc3c(Cl)cccc3Cl)cc2)C1. The van der Waals surface area contributed by atoms with E-state index in [1.165, 1.54) is 0 Å². The molecule has 0 aromatic heterocycles. The third kappa shape index (κ3) is 6.59. The third-order valence-corrected chi connectivity index (χ3v) is 5.60. The molecule has 1 fully saturated rings. The first-order chi connectivity index (χ1) is 14.6. The summed E-state index contributed by atoms with van der Waals surface area (Å²) in [4.78, 5) is 14.3. The number of morpholine rings is 1. The summed E-state index contributed by atoms with van der Waals surface area (Å²) in [7, 11) is 0. The number of esters is 1. The van der Waals surface area contributed by atoms with E-state index in [1.807, 2.05) is 45.0 Å². The fourth-order valence-corrected chi connectivity index (χ4v) is 4.01. The smallest absolute Gasteiger partial charge is 0.307 e. The summed E-state index contributed by atoms with van der Waals surface area (Å²) in [5, 5.41) is 0.916. The van der Waals surface area contributed by atoms with Crippen molar-refractivity contribution in [1.82, 2.24) is 4.90 Å². The molecule has 168 valence electrons. The standard InChI is InChI=1S/C24H29Cl2NO4/c1-23(2,3)31-21(28)12-13-27-14-15-29-24(4,16-27)17-8-10-18(11-9-17)30-22-19(25)6-5-7-20(22)26/h5-11H,12-16H2,1-4H3. The first-order valence-electron chi connectivity index (χ1n) is 10.4. The first-order valence-corrected chi connectivity index (χ1v) is 11.1. The van der Waals surface area contributed by atoms with Crippen LogP contribution >= 0.6 is 23.2 Å². The number of carbonyl (C=O) groups excluding carboxylic acids is 1. The van der Waals surface area contributed by atoms with Crippen molar-refractivity contribution >= 4 is 29.2 Å². The third-order valence-electron chi connectivity index (χ3n) is 5.01. The molecule has 1 aliphatic rings. The second kappa shape index (κ2) is 9.78. The topological polar surface area (TPSA) is 48.0 Å². The Balaban J connectivity index is 1.63. The van der Waals surface area contributed by atoms with E-state index in [2.05, 4.69) is 11.8 Å². The van der Waals surface area contributed by atoms with Crippen molar-refractivity contribution in [3.05, 3.63) is 58.1 Å².